The third kappa shape index (κ3) is 5.48. The molecule has 1 aliphatic heterocycles. The van der Waals surface area contributed by atoms with Crippen molar-refractivity contribution >= 4 is 17.7 Å². The van der Waals surface area contributed by atoms with Crippen LogP contribution in [0, 0.1) is 0 Å². The highest BCUT2D eigenvalue weighted by atomic mass is 32.2. The lowest BCUT2D eigenvalue weighted by molar-refractivity contribution is 0.197. The van der Waals surface area contributed by atoms with E-state index in [4.69, 9.17) is 4.74 Å². The van der Waals surface area contributed by atoms with Crippen molar-refractivity contribution < 1.29 is 4.74 Å². The summed E-state index contributed by atoms with van der Waals surface area (Å²) in [6.07, 6.45) is 2.23. The van der Waals surface area contributed by atoms with Gasteiger partial charge in [-0.15, -0.1) is 0 Å². The van der Waals surface area contributed by atoms with Crippen molar-refractivity contribution in [2.24, 2.45) is 4.99 Å². The molecule has 0 aromatic heterocycles. The zero-order valence-electron chi connectivity index (χ0n) is 11.9. The molecule has 1 saturated heterocycles. The molecule has 1 atom stereocenters. The first kappa shape index (κ1) is 15.6. The van der Waals surface area contributed by atoms with Crippen LogP contribution in [-0.4, -0.2) is 61.8 Å². The molecular formula is C13H27N3OS. The zero-order valence-corrected chi connectivity index (χ0v) is 12.8. The SMILES string of the molecule is CCNC(=NCCCOC)N1CCSC(CC)C1. The quantitative estimate of drug-likeness (QED) is 0.455. The Balaban J connectivity index is 2.48. The van der Waals surface area contributed by atoms with Crippen molar-refractivity contribution in [1.82, 2.24) is 10.2 Å². The summed E-state index contributed by atoms with van der Waals surface area (Å²) in [6, 6.07) is 0. The van der Waals surface area contributed by atoms with Gasteiger partial charge in [-0.05, 0) is 19.8 Å². The van der Waals surface area contributed by atoms with E-state index in [1.54, 1.807) is 7.11 Å². The molecular weight excluding hydrogens is 246 g/mol. The Hall–Kier alpha value is -0.420. The first-order valence-electron chi connectivity index (χ1n) is 6.95. The number of methoxy groups -OCH3 is 1. The first-order valence-corrected chi connectivity index (χ1v) is 8.00. The van der Waals surface area contributed by atoms with Crippen molar-refractivity contribution in [1.29, 1.82) is 0 Å². The van der Waals surface area contributed by atoms with E-state index in [1.807, 2.05) is 0 Å². The highest BCUT2D eigenvalue weighted by molar-refractivity contribution is 8.00. The minimum atomic E-state index is 0.751. The standard InChI is InChI=1S/C13H27N3OS/c1-4-12-11-16(8-10-18-12)13(14-5-2)15-7-6-9-17-3/h12H,4-11H2,1-3H3,(H,14,15). The molecule has 0 aromatic carbocycles. The van der Waals surface area contributed by atoms with Gasteiger partial charge < -0.3 is 15.0 Å². The predicted molar refractivity (Wildman–Crippen MR) is 80.6 cm³/mol. The number of hydrogen-bond acceptors (Lipinski definition) is 3. The van der Waals surface area contributed by atoms with E-state index in [-0.39, 0.29) is 0 Å². The summed E-state index contributed by atoms with van der Waals surface area (Å²) in [7, 11) is 1.74. The van der Waals surface area contributed by atoms with Gasteiger partial charge in [0.15, 0.2) is 5.96 Å². The maximum Gasteiger partial charge on any atom is 0.193 e. The number of nitrogens with zero attached hydrogens (tertiary/aromatic N) is 2. The van der Waals surface area contributed by atoms with Gasteiger partial charge in [-0.3, -0.25) is 4.99 Å². The average molecular weight is 273 g/mol. The zero-order chi connectivity index (χ0) is 13.2. The lowest BCUT2D eigenvalue weighted by Gasteiger charge is -2.34. The molecule has 0 saturated carbocycles. The summed E-state index contributed by atoms with van der Waals surface area (Å²) in [4.78, 5) is 7.09. The van der Waals surface area contributed by atoms with E-state index in [0.717, 1.165) is 50.4 Å². The Morgan fingerprint density at radius 1 is 1.50 bits per heavy atom. The first-order chi connectivity index (χ1) is 8.81. The van der Waals surface area contributed by atoms with Crippen LogP contribution >= 0.6 is 11.8 Å². The predicted octanol–water partition coefficient (Wildman–Crippen LogP) is 1.82. The molecule has 0 aromatic rings. The Morgan fingerprint density at radius 2 is 2.33 bits per heavy atom. The van der Waals surface area contributed by atoms with Crippen LogP contribution in [0.15, 0.2) is 4.99 Å². The molecule has 5 heteroatoms. The van der Waals surface area contributed by atoms with Crippen molar-refractivity contribution in [2.75, 3.05) is 45.6 Å². The van der Waals surface area contributed by atoms with E-state index in [1.165, 1.54) is 12.2 Å². The smallest absolute Gasteiger partial charge is 0.193 e. The van der Waals surface area contributed by atoms with Crippen molar-refractivity contribution in [3.8, 4) is 0 Å². The van der Waals surface area contributed by atoms with E-state index >= 15 is 0 Å². The molecule has 0 bridgehead atoms. The monoisotopic (exact) mass is 273 g/mol. The molecule has 0 aliphatic carbocycles. The number of aliphatic imine (C=N–C) groups is 1. The molecule has 1 heterocycles. The third-order valence-electron chi connectivity index (χ3n) is 3.00. The van der Waals surface area contributed by atoms with E-state index in [9.17, 15) is 0 Å². The molecule has 1 unspecified atom stereocenters. The highest BCUT2D eigenvalue weighted by Crippen LogP contribution is 2.20. The van der Waals surface area contributed by atoms with Crippen LogP contribution in [0.4, 0.5) is 0 Å². The average Bonchev–Trinajstić information content (AvgIpc) is 2.42. The summed E-state index contributed by atoms with van der Waals surface area (Å²) in [5.74, 6) is 2.29. The van der Waals surface area contributed by atoms with Crippen LogP contribution < -0.4 is 5.32 Å². The third-order valence-corrected chi connectivity index (χ3v) is 4.37. The summed E-state index contributed by atoms with van der Waals surface area (Å²) in [5.41, 5.74) is 0. The lowest BCUT2D eigenvalue weighted by Crippen LogP contribution is -2.48. The second-order valence-electron chi connectivity index (χ2n) is 4.43. The Bertz CT molecular complexity index is 248. The maximum atomic E-state index is 5.06. The molecule has 1 aliphatic rings. The fourth-order valence-corrected chi connectivity index (χ4v) is 3.16. The topological polar surface area (TPSA) is 36.9 Å². The second kappa shape index (κ2) is 9.50. The highest BCUT2D eigenvalue weighted by Gasteiger charge is 2.21. The van der Waals surface area contributed by atoms with Gasteiger partial charge in [-0.2, -0.15) is 11.8 Å². The van der Waals surface area contributed by atoms with Gasteiger partial charge in [0.1, 0.15) is 0 Å². The van der Waals surface area contributed by atoms with Crippen molar-refractivity contribution in [3.05, 3.63) is 0 Å². The van der Waals surface area contributed by atoms with Crippen LogP contribution in [0.25, 0.3) is 0 Å². The normalized spacial score (nSPS) is 21.2. The molecule has 106 valence electrons. The molecule has 0 radical (unpaired) electrons. The van der Waals surface area contributed by atoms with Crippen LogP contribution in [0.1, 0.15) is 26.7 Å². The van der Waals surface area contributed by atoms with Crippen molar-refractivity contribution in [3.63, 3.8) is 0 Å². The molecule has 1 N–H and O–H groups in total. The summed E-state index contributed by atoms with van der Waals surface area (Å²) < 4.78 is 5.06. The van der Waals surface area contributed by atoms with Gasteiger partial charge in [0, 0.05) is 50.9 Å². The van der Waals surface area contributed by atoms with Gasteiger partial charge in [0.05, 0.1) is 0 Å². The van der Waals surface area contributed by atoms with Crippen LogP contribution in [0.2, 0.25) is 0 Å². The number of nitrogens with one attached hydrogen (secondary N) is 1. The molecule has 0 amide bonds. The largest absolute Gasteiger partial charge is 0.385 e. The van der Waals surface area contributed by atoms with E-state index in [0.29, 0.717) is 0 Å². The van der Waals surface area contributed by atoms with Crippen molar-refractivity contribution in [2.45, 2.75) is 31.9 Å². The van der Waals surface area contributed by atoms with Gasteiger partial charge in [-0.1, -0.05) is 6.92 Å². The molecule has 1 rings (SSSR count). The fourth-order valence-electron chi connectivity index (χ4n) is 1.98. The molecule has 18 heavy (non-hydrogen) atoms. The Kier molecular flexibility index (Phi) is 8.25. The number of guanidine groups is 1. The van der Waals surface area contributed by atoms with Gasteiger partial charge in [0.2, 0.25) is 0 Å². The second-order valence-corrected chi connectivity index (χ2v) is 5.84. The number of rotatable bonds is 6. The van der Waals surface area contributed by atoms with Crippen LogP contribution in [-0.2, 0) is 4.74 Å². The minimum absolute atomic E-state index is 0.751. The van der Waals surface area contributed by atoms with Gasteiger partial charge in [0.25, 0.3) is 0 Å². The summed E-state index contributed by atoms with van der Waals surface area (Å²) in [5, 5.41) is 4.15. The Labute approximate surface area is 116 Å². The maximum absolute atomic E-state index is 5.06. The molecule has 4 nitrogen and oxygen atoms in total. The van der Waals surface area contributed by atoms with E-state index < -0.39 is 0 Å². The minimum Gasteiger partial charge on any atom is -0.385 e. The number of thioether (sulfide) groups is 1. The van der Waals surface area contributed by atoms with E-state index in [2.05, 4.69) is 40.8 Å². The number of ether oxygens (including phenoxy) is 1. The molecule has 1 fully saturated rings. The number of hydrogen-bond donors (Lipinski definition) is 1. The fraction of sp³-hybridized carbons (Fsp3) is 0.923. The Morgan fingerprint density at radius 3 is 3.00 bits per heavy atom. The van der Waals surface area contributed by atoms with Gasteiger partial charge >= 0.3 is 0 Å². The van der Waals surface area contributed by atoms with Crippen LogP contribution in [0.5, 0.6) is 0 Å². The lowest BCUT2D eigenvalue weighted by atomic mass is 10.3. The molecule has 0 spiro atoms. The summed E-state index contributed by atoms with van der Waals surface area (Å²) >= 11 is 2.09. The summed E-state index contributed by atoms with van der Waals surface area (Å²) in [6.45, 7) is 9.19. The van der Waals surface area contributed by atoms with Crippen LogP contribution in [0.3, 0.4) is 0 Å². The van der Waals surface area contributed by atoms with Gasteiger partial charge in [-0.25, -0.2) is 0 Å².